The number of anilines is 2. The number of thiazole rings is 1. The summed E-state index contributed by atoms with van der Waals surface area (Å²) in [5.41, 5.74) is 1.53. The molecule has 0 unspecified atom stereocenters. The Morgan fingerprint density at radius 1 is 1.33 bits per heavy atom. The fourth-order valence-electron chi connectivity index (χ4n) is 2.99. The SMILES string of the molecule is O=C(C[C@@H]1Oc2ccccc2NC1=O)Nc1nc(CN2CCOCC2)cs1. The number of morpholine rings is 1. The predicted molar refractivity (Wildman–Crippen MR) is 101 cm³/mol. The van der Waals surface area contributed by atoms with E-state index in [9.17, 15) is 9.59 Å². The molecular formula is C18H20N4O4S. The first-order chi connectivity index (χ1) is 13.2. The zero-order valence-corrected chi connectivity index (χ0v) is 15.5. The number of carbonyl (C=O) groups excluding carboxylic acids is 2. The second-order valence-electron chi connectivity index (χ2n) is 6.38. The molecule has 0 aliphatic carbocycles. The van der Waals surface area contributed by atoms with Gasteiger partial charge >= 0.3 is 0 Å². The summed E-state index contributed by atoms with van der Waals surface area (Å²) in [7, 11) is 0. The zero-order chi connectivity index (χ0) is 18.6. The molecule has 9 heteroatoms. The predicted octanol–water partition coefficient (Wildman–Crippen LogP) is 1.70. The van der Waals surface area contributed by atoms with Gasteiger partial charge in [0.2, 0.25) is 5.91 Å². The fraction of sp³-hybridized carbons (Fsp3) is 0.389. The van der Waals surface area contributed by atoms with Crippen molar-refractivity contribution in [3.8, 4) is 5.75 Å². The smallest absolute Gasteiger partial charge is 0.266 e. The normalized spacial score (nSPS) is 19.7. The van der Waals surface area contributed by atoms with Crippen LogP contribution in [0.2, 0.25) is 0 Å². The summed E-state index contributed by atoms with van der Waals surface area (Å²) in [6, 6.07) is 7.15. The molecule has 2 aliphatic rings. The number of nitrogens with one attached hydrogen (secondary N) is 2. The van der Waals surface area contributed by atoms with E-state index in [0.717, 1.165) is 38.5 Å². The number of aromatic nitrogens is 1. The van der Waals surface area contributed by atoms with Crippen LogP contribution >= 0.6 is 11.3 Å². The molecule has 0 radical (unpaired) electrons. The van der Waals surface area contributed by atoms with Crippen LogP contribution in [0.4, 0.5) is 10.8 Å². The van der Waals surface area contributed by atoms with Crippen molar-refractivity contribution in [2.45, 2.75) is 19.1 Å². The van der Waals surface area contributed by atoms with Crippen molar-refractivity contribution in [2.75, 3.05) is 36.9 Å². The number of nitrogens with zero attached hydrogens (tertiary/aromatic N) is 2. The highest BCUT2D eigenvalue weighted by Crippen LogP contribution is 2.29. The van der Waals surface area contributed by atoms with Crippen LogP contribution < -0.4 is 15.4 Å². The van der Waals surface area contributed by atoms with Crippen molar-refractivity contribution < 1.29 is 19.1 Å². The molecule has 1 aromatic heterocycles. The maximum absolute atomic E-state index is 12.3. The van der Waals surface area contributed by atoms with Crippen LogP contribution in [0.1, 0.15) is 12.1 Å². The van der Waals surface area contributed by atoms with E-state index >= 15 is 0 Å². The molecule has 0 bridgehead atoms. The Kier molecular flexibility index (Phi) is 5.33. The number of fused-ring (bicyclic) bond motifs is 1. The molecule has 1 saturated heterocycles. The first-order valence-electron chi connectivity index (χ1n) is 8.78. The van der Waals surface area contributed by atoms with Crippen LogP contribution in [0, 0.1) is 0 Å². The number of para-hydroxylation sites is 2. The van der Waals surface area contributed by atoms with E-state index in [-0.39, 0.29) is 18.2 Å². The third kappa shape index (κ3) is 4.44. The van der Waals surface area contributed by atoms with Gasteiger partial charge in [0.25, 0.3) is 5.91 Å². The van der Waals surface area contributed by atoms with Crippen LogP contribution in [0.5, 0.6) is 5.75 Å². The van der Waals surface area contributed by atoms with Crippen LogP contribution in [0.15, 0.2) is 29.6 Å². The standard InChI is InChI=1S/C18H20N4O4S/c23-16(9-15-17(24)20-13-3-1-2-4-14(13)26-15)21-18-19-12(11-27-18)10-22-5-7-25-8-6-22/h1-4,11,15H,5-10H2,(H,20,24)(H,19,21,23)/t15-/m0/s1. The van der Waals surface area contributed by atoms with Crippen molar-refractivity contribution in [2.24, 2.45) is 0 Å². The average Bonchev–Trinajstić information content (AvgIpc) is 3.10. The maximum atomic E-state index is 12.3. The van der Waals surface area contributed by atoms with Gasteiger partial charge in [-0.2, -0.15) is 0 Å². The topological polar surface area (TPSA) is 92.8 Å². The minimum absolute atomic E-state index is 0.0709. The molecule has 0 saturated carbocycles. The quantitative estimate of drug-likeness (QED) is 0.810. The van der Waals surface area contributed by atoms with E-state index in [2.05, 4.69) is 20.5 Å². The molecule has 2 amide bonds. The van der Waals surface area contributed by atoms with Gasteiger partial charge in [-0.3, -0.25) is 14.5 Å². The molecule has 1 atom stereocenters. The monoisotopic (exact) mass is 388 g/mol. The molecule has 3 heterocycles. The summed E-state index contributed by atoms with van der Waals surface area (Å²) < 4.78 is 11.0. The van der Waals surface area contributed by atoms with Crippen LogP contribution in [0.3, 0.4) is 0 Å². The number of ether oxygens (including phenoxy) is 2. The van der Waals surface area contributed by atoms with Gasteiger partial charge in [0.15, 0.2) is 11.2 Å². The van der Waals surface area contributed by atoms with Gasteiger partial charge in [-0.25, -0.2) is 4.98 Å². The Morgan fingerprint density at radius 2 is 2.15 bits per heavy atom. The van der Waals surface area contributed by atoms with E-state index in [4.69, 9.17) is 9.47 Å². The summed E-state index contributed by atoms with van der Waals surface area (Å²) in [6.45, 7) is 3.98. The van der Waals surface area contributed by atoms with Gasteiger partial charge in [-0.15, -0.1) is 11.3 Å². The number of benzene rings is 1. The lowest BCUT2D eigenvalue weighted by atomic mass is 10.1. The van der Waals surface area contributed by atoms with Crippen molar-refractivity contribution in [3.63, 3.8) is 0 Å². The molecule has 2 aliphatic heterocycles. The van der Waals surface area contributed by atoms with Crippen molar-refractivity contribution in [1.29, 1.82) is 0 Å². The molecule has 0 spiro atoms. The molecule has 8 nitrogen and oxygen atoms in total. The number of carbonyl (C=O) groups is 2. The first-order valence-corrected chi connectivity index (χ1v) is 9.66. The molecule has 2 aromatic rings. The van der Waals surface area contributed by atoms with Crippen LogP contribution in [-0.4, -0.2) is 54.1 Å². The Morgan fingerprint density at radius 3 is 3.00 bits per heavy atom. The average molecular weight is 388 g/mol. The number of rotatable bonds is 5. The summed E-state index contributed by atoms with van der Waals surface area (Å²) in [6.07, 6.45) is -0.925. The summed E-state index contributed by atoms with van der Waals surface area (Å²) >= 11 is 1.38. The number of hydrogen-bond donors (Lipinski definition) is 2. The van der Waals surface area contributed by atoms with E-state index in [1.54, 1.807) is 12.1 Å². The van der Waals surface area contributed by atoms with Crippen molar-refractivity contribution in [1.82, 2.24) is 9.88 Å². The fourth-order valence-corrected chi connectivity index (χ4v) is 3.71. The molecule has 1 aromatic carbocycles. The molecule has 27 heavy (non-hydrogen) atoms. The molecule has 2 N–H and O–H groups in total. The van der Waals surface area contributed by atoms with E-state index in [1.165, 1.54) is 11.3 Å². The lowest BCUT2D eigenvalue weighted by Crippen LogP contribution is -2.39. The summed E-state index contributed by atoms with van der Waals surface area (Å²) in [5.74, 6) is -0.0604. The number of amides is 2. The largest absolute Gasteiger partial charge is 0.478 e. The Balaban J connectivity index is 1.31. The first kappa shape index (κ1) is 17.9. The van der Waals surface area contributed by atoms with Crippen molar-refractivity contribution >= 4 is 34.0 Å². The third-order valence-electron chi connectivity index (χ3n) is 4.36. The zero-order valence-electron chi connectivity index (χ0n) is 14.6. The molecule has 142 valence electrons. The van der Waals surface area contributed by atoms with E-state index in [0.29, 0.717) is 16.6 Å². The molecular weight excluding hydrogens is 368 g/mol. The number of hydrogen-bond acceptors (Lipinski definition) is 7. The summed E-state index contributed by atoms with van der Waals surface area (Å²) in [4.78, 5) is 31.2. The lowest BCUT2D eigenvalue weighted by Gasteiger charge is -2.25. The molecule has 4 rings (SSSR count). The van der Waals surface area contributed by atoms with Gasteiger partial charge in [0.1, 0.15) is 5.75 Å². The highest BCUT2D eigenvalue weighted by molar-refractivity contribution is 7.13. The second-order valence-corrected chi connectivity index (χ2v) is 7.23. The highest BCUT2D eigenvalue weighted by atomic mass is 32.1. The third-order valence-corrected chi connectivity index (χ3v) is 5.17. The van der Waals surface area contributed by atoms with Crippen LogP contribution in [0.25, 0.3) is 0 Å². The highest BCUT2D eigenvalue weighted by Gasteiger charge is 2.29. The van der Waals surface area contributed by atoms with Gasteiger partial charge in [0, 0.05) is 25.0 Å². The molecule has 1 fully saturated rings. The van der Waals surface area contributed by atoms with Crippen LogP contribution in [-0.2, 0) is 20.9 Å². The Hall–Kier alpha value is -2.49. The van der Waals surface area contributed by atoms with Gasteiger partial charge < -0.3 is 20.1 Å². The maximum Gasteiger partial charge on any atom is 0.266 e. The second kappa shape index (κ2) is 8.03. The van der Waals surface area contributed by atoms with E-state index in [1.807, 2.05) is 17.5 Å². The van der Waals surface area contributed by atoms with Gasteiger partial charge in [-0.1, -0.05) is 12.1 Å². The Labute approximate surface area is 160 Å². The minimum atomic E-state index is -0.854. The van der Waals surface area contributed by atoms with E-state index < -0.39 is 6.10 Å². The lowest BCUT2D eigenvalue weighted by molar-refractivity contribution is -0.128. The minimum Gasteiger partial charge on any atom is -0.478 e. The summed E-state index contributed by atoms with van der Waals surface area (Å²) in [5, 5.41) is 7.98. The Bertz CT molecular complexity index is 834. The van der Waals surface area contributed by atoms with Gasteiger partial charge in [0.05, 0.1) is 31.0 Å². The van der Waals surface area contributed by atoms with Gasteiger partial charge in [-0.05, 0) is 12.1 Å². The van der Waals surface area contributed by atoms with Crippen molar-refractivity contribution in [3.05, 3.63) is 35.3 Å².